The van der Waals surface area contributed by atoms with Crippen LogP contribution in [0.2, 0.25) is 0 Å². The predicted molar refractivity (Wildman–Crippen MR) is 94.5 cm³/mol. The molecule has 1 unspecified atom stereocenters. The van der Waals surface area contributed by atoms with E-state index in [9.17, 15) is 4.79 Å². The largest absolute Gasteiger partial charge is 0.483 e. The van der Waals surface area contributed by atoms with E-state index in [2.05, 4.69) is 28.1 Å². The van der Waals surface area contributed by atoms with Gasteiger partial charge in [0, 0.05) is 12.6 Å². The van der Waals surface area contributed by atoms with E-state index in [1.807, 2.05) is 47.4 Å². The Morgan fingerprint density at radius 3 is 2.65 bits per heavy atom. The number of likely N-dealkylation sites (tertiary alicyclic amines) is 1. The molecule has 0 radical (unpaired) electrons. The zero-order valence-electron chi connectivity index (χ0n) is 13.0. The molecule has 1 saturated heterocycles. The third-order valence-electron chi connectivity index (χ3n) is 4.20. The van der Waals surface area contributed by atoms with Crippen LogP contribution in [0.4, 0.5) is 0 Å². The van der Waals surface area contributed by atoms with Crippen molar-refractivity contribution in [1.82, 2.24) is 4.90 Å². The third-order valence-corrected chi connectivity index (χ3v) is 4.85. The highest BCUT2D eigenvalue weighted by Crippen LogP contribution is 2.25. The summed E-state index contributed by atoms with van der Waals surface area (Å²) in [4.78, 5) is 14.5. The SMILES string of the molecule is O=C(COc1ccccc1Br)N1CCCC1Cc1ccccc1. The molecule has 0 saturated carbocycles. The van der Waals surface area contributed by atoms with Crippen LogP contribution in [0.25, 0.3) is 0 Å². The Morgan fingerprint density at radius 2 is 1.87 bits per heavy atom. The predicted octanol–water partition coefficient (Wildman–Crippen LogP) is 4.06. The van der Waals surface area contributed by atoms with E-state index in [1.165, 1.54) is 5.56 Å². The molecule has 3 nitrogen and oxygen atoms in total. The number of nitrogens with zero attached hydrogens (tertiary/aromatic N) is 1. The van der Waals surface area contributed by atoms with Gasteiger partial charge in [0.1, 0.15) is 5.75 Å². The first-order chi connectivity index (χ1) is 11.2. The monoisotopic (exact) mass is 373 g/mol. The van der Waals surface area contributed by atoms with Crippen molar-refractivity contribution in [2.75, 3.05) is 13.2 Å². The van der Waals surface area contributed by atoms with E-state index >= 15 is 0 Å². The number of rotatable bonds is 5. The van der Waals surface area contributed by atoms with Gasteiger partial charge >= 0.3 is 0 Å². The first-order valence-electron chi connectivity index (χ1n) is 7.95. The fraction of sp³-hybridized carbons (Fsp3) is 0.316. The van der Waals surface area contributed by atoms with Crippen molar-refractivity contribution in [3.05, 3.63) is 64.6 Å². The maximum atomic E-state index is 12.5. The van der Waals surface area contributed by atoms with Crippen molar-refractivity contribution in [1.29, 1.82) is 0 Å². The van der Waals surface area contributed by atoms with Gasteiger partial charge in [-0.2, -0.15) is 0 Å². The summed E-state index contributed by atoms with van der Waals surface area (Å²) < 4.78 is 6.54. The molecule has 120 valence electrons. The van der Waals surface area contributed by atoms with Crippen LogP contribution in [0.15, 0.2) is 59.1 Å². The van der Waals surface area contributed by atoms with Gasteiger partial charge in [0.05, 0.1) is 4.47 Å². The number of carbonyl (C=O) groups is 1. The minimum absolute atomic E-state index is 0.0687. The molecule has 1 atom stereocenters. The molecule has 1 amide bonds. The zero-order chi connectivity index (χ0) is 16.1. The summed E-state index contributed by atoms with van der Waals surface area (Å²) in [5.41, 5.74) is 1.28. The molecule has 0 aromatic heterocycles. The van der Waals surface area contributed by atoms with Gasteiger partial charge in [-0.3, -0.25) is 4.79 Å². The third kappa shape index (κ3) is 4.14. The van der Waals surface area contributed by atoms with Gasteiger partial charge in [0.15, 0.2) is 6.61 Å². The van der Waals surface area contributed by atoms with Crippen LogP contribution in [0, 0.1) is 0 Å². The summed E-state index contributed by atoms with van der Waals surface area (Å²) in [5.74, 6) is 0.777. The Labute approximate surface area is 145 Å². The molecule has 0 spiro atoms. The van der Waals surface area contributed by atoms with Gasteiger partial charge in [0.2, 0.25) is 0 Å². The van der Waals surface area contributed by atoms with E-state index < -0.39 is 0 Å². The van der Waals surface area contributed by atoms with Crippen LogP contribution in [0.3, 0.4) is 0 Å². The van der Waals surface area contributed by atoms with Crippen LogP contribution >= 0.6 is 15.9 Å². The minimum atomic E-state index is 0.0687. The normalized spacial score (nSPS) is 17.3. The van der Waals surface area contributed by atoms with Crippen molar-refractivity contribution < 1.29 is 9.53 Å². The second kappa shape index (κ2) is 7.64. The number of amides is 1. The summed E-state index contributed by atoms with van der Waals surface area (Å²) in [5, 5.41) is 0. The van der Waals surface area contributed by atoms with Crippen molar-refractivity contribution in [2.45, 2.75) is 25.3 Å². The summed E-state index contributed by atoms with van der Waals surface area (Å²) in [6.07, 6.45) is 3.05. The number of ether oxygens (including phenoxy) is 1. The molecule has 1 aliphatic heterocycles. The van der Waals surface area contributed by atoms with Crippen molar-refractivity contribution in [2.24, 2.45) is 0 Å². The Balaban J connectivity index is 1.59. The Kier molecular flexibility index (Phi) is 5.34. The standard InChI is InChI=1S/C19H20BrNO2/c20-17-10-4-5-11-18(17)23-14-19(22)21-12-6-9-16(21)13-15-7-2-1-3-8-15/h1-5,7-8,10-11,16H,6,9,12-14H2. The lowest BCUT2D eigenvalue weighted by Crippen LogP contribution is -2.39. The molecule has 3 rings (SSSR count). The summed E-state index contributed by atoms with van der Waals surface area (Å²) >= 11 is 3.44. The van der Waals surface area contributed by atoms with E-state index in [-0.39, 0.29) is 18.6 Å². The molecule has 1 aliphatic rings. The number of benzene rings is 2. The maximum absolute atomic E-state index is 12.5. The molecule has 0 N–H and O–H groups in total. The highest BCUT2D eigenvalue weighted by molar-refractivity contribution is 9.10. The minimum Gasteiger partial charge on any atom is -0.483 e. The zero-order valence-corrected chi connectivity index (χ0v) is 14.5. The van der Waals surface area contributed by atoms with Gasteiger partial charge in [-0.15, -0.1) is 0 Å². The second-order valence-electron chi connectivity index (χ2n) is 5.79. The smallest absolute Gasteiger partial charge is 0.260 e. The van der Waals surface area contributed by atoms with Crippen molar-refractivity contribution in [3.63, 3.8) is 0 Å². The lowest BCUT2D eigenvalue weighted by molar-refractivity contribution is -0.134. The molecule has 23 heavy (non-hydrogen) atoms. The highest BCUT2D eigenvalue weighted by Gasteiger charge is 2.28. The second-order valence-corrected chi connectivity index (χ2v) is 6.65. The van der Waals surface area contributed by atoms with Crippen LogP contribution < -0.4 is 4.74 Å². The fourth-order valence-electron chi connectivity index (χ4n) is 3.05. The summed E-state index contributed by atoms with van der Waals surface area (Å²) in [7, 11) is 0. The van der Waals surface area contributed by atoms with Crippen LogP contribution in [-0.2, 0) is 11.2 Å². The topological polar surface area (TPSA) is 29.5 Å². The lowest BCUT2D eigenvalue weighted by Gasteiger charge is -2.25. The van der Waals surface area contributed by atoms with Crippen molar-refractivity contribution >= 4 is 21.8 Å². The van der Waals surface area contributed by atoms with E-state index in [4.69, 9.17) is 4.74 Å². The number of hydrogen-bond acceptors (Lipinski definition) is 2. The number of halogens is 1. The molecule has 4 heteroatoms. The van der Waals surface area contributed by atoms with Gasteiger partial charge in [-0.25, -0.2) is 0 Å². The molecule has 2 aromatic rings. The van der Waals surface area contributed by atoms with Crippen LogP contribution in [0.1, 0.15) is 18.4 Å². The molecular formula is C19H20BrNO2. The Hall–Kier alpha value is -1.81. The molecular weight excluding hydrogens is 354 g/mol. The average Bonchev–Trinajstić information content (AvgIpc) is 3.03. The van der Waals surface area contributed by atoms with Gasteiger partial charge < -0.3 is 9.64 Å². The number of para-hydroxylation sites is 1. The molecule has 2 aromatic carbocycles. The Morgan fingerprint density at radius 1 is 1.13 bits per heavy atom. The average molecular weight is 374 g/mol. The van der Waals surface area contributed by atoms with E-state index in [0.717, 1.165) is 30.3 Å². The van der Waals surface area contributed by atoms with Crippen LogP contribution in [0.5, 0.6) is 5.75 Å². The van der Waals surface area contributed by atoms with Gasteiger partial charge in [-0.05, 0) is 52.9 Å². The van der Waals surface area contributed by atoms with Gasteiger partial charge in [-0.1, -0.05) is 42.5 Å². The molecule has 1 heterocycles. The fourth-order valence-corrected chi connectivity index (χ4v) is 3.45. The Bertz CT molecular complexity index is 659. The first-order valence-corrected chi connectivity index (χ1v) is 8.74. The first kappa shape index (κ1) is 16.1. The van der Waals surface area contributed by atoms with Crippen LogP contribution in [-0.4, -0.2) is 30.0 Å². The summed E-state index contributed by atoms with van der Waals surface area (Å²) in [6.45, 7) is 0.920. The lowest BCUT2D eigenvalue weighted by atomic mass is 10.0. The highest BCUT2D eigenvalue weighted by atomic mass is 79.9. The van der Waals surface area contributed by atoms with Crippen molar-refractivity contribution in [3.8, 4) is 5.75 Å². The molecule has 0 aliphatic carbocycles. The van der Waals surface area contributed by atoms with E-state index in [0.29, 0.717) is 5.75 Å². The number of hydrogen-bond donors (Lipinski definition) is 0. The van der Waals surface area contributed by atoms with Gasteiger partial charge in [0.25, 0.3) is 5.91 Å². The van der Waals surface area contributed by atoms with E-state index in [1.54, 1.807) is 0 Å². The number of carbonyl (C=O) groups excluding carboxylic acids is 1. The molecule has 1 fully saturated rings. The summed E-state index contributed by atoms with van der Waals surface area (Å²) in [6, 6.07) is 18.3. The molecule has 0 bridgehead atoms. The quantitative estimate of drug-likeness (QED) is 0.790. The maximum Gasteiger partial charge on any atom is 0.260 e.